The summed E-state index contributed by atoms with van der Waals surface area (Å²) in [6, 6.07) is 6.33. The molecule has 0 unspecified atom stereocenters. The molecule has 0 aliphatic heterocycles. The van der Waals surface area contributed by atoms with Crippen LogP contribution in [0.4, 0.5) is 4.39 Å². The van der Waals surface area contributed by atoms with Crippen molar-refractivity contribution in [1.29, 1.82) is 0 Å². The lowest BCUT2D eigenvalue weighted by molar-refractivity contribution is -0.120. The third-order valence-electron chi connectivity index (χ3n) is 2.08. The summed E-state index contributed by atoms with van der Waals surface area (Å²) in [5, 5.41) is 5.71. The van der Waals surface area contributed by atoms with Crippen LogP contribution in [0, 0.1) is 5.82 Å². The Morgan fingerprint density at radius 2 is 2.25 bits per heavy atom. The molecule has 1 amide bonds. The quantitative estimate of drug-likeness (QED) is 0.767. The van der Waals surface area contributed by atoms with Crippen molar-refractivity contribution in [2.45, 2.75) is 19.9 Å². The van der Waals surface area contributed by atoms with Crippen LogP contribution in [0.2, 0.25) is 0 Å². The van der Waals surface area contributed by atoms with Crippen LogP contribution >= 0.6 is 0 Å². The summed E-state index contributed by atoms with van der Waals surface area (Å²) in [5.41, 5.74) is 0.836. The summed E-state index contributed by atoms with van der Waals surface area (Å²) in [7, 11) is 0. The lowest BCUT2D eigenvalue weighted by atomic mass is 10.2. The number of carbonyl (C=O) groups is 1. The van der Waals surface area contributed by atoms with Gasteiger partial charge in [-0.2, -0.15) is 0 Å². The highest BCUT2D eigenvalue weighted by Gasteiger charge is 1.99. The Morgan fingerprint density at radius 3 is 2.94 bits per heavy atom. The second-order valence-corrected chi connectivity index (χ2v) is 3.58. The minimum atomic E-state index is -0.255. The van der Waals surface area contributed by atoms with Crippen LogP contribution < -0.4 is 10.6 Å². The molecule has 0 heterocycles. The Kier molecular flexibility index (Phi) is 5.50. The normalized spacial score (nSPS) is 10.1. The number of hydrogen-bond donors (Lipinski definition) is 2. The molecule has 1 aromatic carbocycles. The van der Waals surface area contributed by atoms with Gasteiger partial charge in [-0.05, 0) is 24.1 Å². The fraction of sp³-hybridized carbons (Fsp3) is 0.417. The molecule has 0 atom stereocenters. The highest BCUT2D eigenvalue weighted by Crippen LogP contribution is 2.02. The topological polar surface area (TPSA) is 41.1 Å². The van der Waals surface area contributed by atoms with E-state index in [0.717, 1.165) is 12.0 Å². The van der Waals surface area contributed by atoms with Crippen molar-refractivity contribution in [2.75, 3.05) is 13.1 Å². The van der Waals surface area contributed by atoms with Crippen LogP contribution in [-0.2, 0) is 11.3 Å². The van der Waals surface area contributed by atoms with E-state index < -0.39 is 0 Å². The van der Waals surface area contributed by atoms with Crippen molar-refractivity contribution in [2.24, 2.45) is 0 Å². The third kappa shape index (κ3) is 4.89. The van der Waals surface area contributed by atoms with Gasteiger partial charge in [-0.3, -0.25) is 4.79 Å². The molecule has 3 nitrogen and oxygen atoms in total. The van der Waals surface area contributed by atoms with Gasteiger partial charge in [0, 0.05) is 13.1 Å². The first kappa shape index (κ1) is 12.6. The zero-order valence-electron chi connectivity index (χ0n) is 9.42. The predicted molar refractivity (Wildman–Crippen MR) is 61.4 cm³/mol. The summed E-state index contributed by atoms with van der Waals surface area (Å²) in [4.78, 5) is 11.2. The average Bonchev–Trinajstić information content (AvgIpc) is 2.26. The second kappa shape index (κ2) is 6.95. The molecule has 0 fully saturated rings. The van der Waals surface area contributed by atoms with E-state index in [1.165, 1.54) is 12.1 Å². The van der Waals surface area contributed by atoms with E-state index in [1.54, 1.807) is 6.07 Å². The summed E-state index contributed by atoms with van der Waals surface area (Å²) in [6.45, 7) is 3.45. The average molecular weight is 224 g/mol. The molecule has 0 saturated heterocycles. The van der Waals surface area contributed by atoms with Gasteiger partial charge in [0.15, 0.2) is 0 Å². The van der Waals surface area contributed by atoms with Crippen molar-refractivity contribution < 1.29 is 9.18 Å². The van der Waals surface area contributed by atoms with Crippen LogP contribution in [0.1, 0.15) is 18.9 Å². The summed E-state index contributed by atoms with van der Waals surface area (Å²) in [6.07, 6.45) is 0.926. The Morgan fingerprint density at radius 1 is 1.44 bits per heavy atom. The van der Waals surface area contributed by atoms with Crippen LogP contribution in [-0.4, -0.2) is 19.0 Å². The zero-order chi connectivity index (χ0) is 11.8. The second-order valence-electron chi connectivity index (χ2n) is 3.58. The first-order chi connectivity index (χ1) is 7.72. The molecule has 0 saturated carbocycles. The molecule has 16 heavy (non-hydrogen) atoms. The van der Waals surface area contributed by atoms with Gasteiger partial charge < -0.3 is 10.6 Å². The SMILES string of the molecule is CCCNC(=O)CNCc1cccc(F)c1. The Labute approximate surface area is 95.0 Å². The Hall–Kier alpha value is -1.42. The molecule has 0 aliphatic rings. The van der Waals surface area contributed by atoms with Crippen LogP contribution in [0.25, 0.3) is 0 Å². The molecule has 0 spiro atoms. The Balaban J connectivity index is 2.22. The number of halogens is 1. The molecule has 88 valence electrons. The fourth-order valence-corrected chi connectivity index (χ4v) is 1.29. The molecule has 0 aliphatic carbocycles. The number of rotatable bonds is 6. The van der Waals surface area contributed by atoms with Gasteiger partial charge in [0.2, 0.25) is 5.91 Å². The van der Waals surface area contributed by atoms with E-state index in [-0.39, 0.29) is 18.3 Å². The fourth-order valence-electron chi connectivity index (χ4n) is 1.29. The standard InChI is InChI=1S/C12H17FN2O/c1-2-6-15-12(16)9-14-8-10-4-3-5-11(13)7-10/h3-5,7,14H,2,6,8-9H2,1H3,(H,15,16). The number of carbonyl (C=O) groups excluding carboxylic acids is 1. The van der Waals surface area contributed by atoms with Gasteiger partial charge in [0.1, 0.15) is 5.82 Å². The number of amides is 1. The third-order valence-corrected chi connectivity index (χ3v) is 2.08. The maximum Gasteiger partial charge on any atom is 0.233 e. The molecule has 1 rings (SSSR count). The number of nitrogens with one attached hydrogen (secondary N) is 2. The predicted octanol–water partition coefficient (Wildman–Crippen LogP) is 1.44. The molecule has 0 aromatic heterocycles. The van der Waals surface area contributed by atoms with Crippen molar-refractivity contribution in [1.82, 2.24) is 10.6 Å². The molecular weight excluding hydrogens is 207 g/mol. The van der Waals surface area contributed by atoms with E-state index in [1.807, 2.05) is 13.0 Å². The summed E-state index contributed by atoms with van der Waals surface area (Å²) >= 11 is 0. The van der Waals surface area contributed by atoms with E-state index >= 15 is 0 Å². The van der Waals surface area contributed by atoms with Gasteiger partial charge in [-0.15, -0.1) is 0 Å². The smallest absolute Gasteiger partial charge is 0.233 e. The molecule has 0 radical (unpaired) electrons. The highest BCUT2D eigenvalue weighted by molar-refractivity contribution is 5.77. The molecule has 4 heteroatoms. The van der Waals surface area contributed by atoms with Gasteiger partial charge >= 0.3 is 0 Å². The first-order valence-electron chi connectivity index (χ1n) is 5.44. The van der Waals surface area contributed by atoms with Gasteiger partial charge in [0.05, 0.1) is 6.54 Å². The van der Waals surface area contributed by atoms with E-state index in [0.29, 0.717) is 13.1 Å². The van der Waals surface area contributed by atoms with Crippen molar-refractivity contribution in [3.8, 4) is 0 Å². The van der Waals surface area contributed by atoms with Gasteiger partial charge in [0.25, 0.3) is 0 Å². The lowest BCUT2D eigenvalue weighted by Gasteiger charge is -2.05. The van der Waals surface area contributed by atoms with Gasteiger partial charge in [-0.25, -0.2) is 4.39 Å². The van der Waals surface area contributed by atoms with Gasteiger partial charge in [-0.1, -0.05) is 19.1 Å². The van der Waals surface area contributed by atoms with Crippen molar-refractivity contribution >= 4 is 5.91 Å². The van der Waals surface area contributed by atoms with Crippen LogP contribution in [0.15, 0.2) is 24.3 Å². The van der Waals surface area contributed by atoms with E-state index in [2.05, 4.69) is 10.6 Å². The van der Waals surface area contributed by atoms with E-state index in [4.69, 9.17) is 0 Å². The maximum atomic E-state index is 12.8. The van der Waals surface area contributed by atoms with Crippen LogP contribution in [0.5, 0.6) is 0 Å². The lowest BCUT2D eigenvalue weighted by Crippen LogP contribution is -2.33. The maximum absolute atomic E-state index is 12.8. The highest BCUT2D eigenvalue weighted by atomic mass is 19.1. The monoisotopic (exact) mass is 224 g/mol. The number of benzene rings is 1. The van der Waals surface area contributed by atoms with Crippen LogP contribution in [0.3, 0.4) is 0 Å². The zero-order valence-corrected chi connectivity index (χ0v) is 9.42. The minimum Gasteiger partial charge on any atom is -0.355 e. The largest absolute Gasteiger partial charge is 0.355 e. The van der Waals surface area contributed by atoms with E-state index in [9.17, 15) is 9.18 Å². The van der Waals surface area contributed by atoms with Crippen molar-refractivity contribution in [3.63, 3.8) is 0 Å². The minimum absolute atomic E-state index is 0.0294. The van der Waals surface area contributed by atoms with Crippen molar-refractivity contribution in [3.05, 3.63) is 35.6 Å². The Bertz CT molecular complexity index is 342. The molecule has 1 aromatic rings. The molecule has 0 bridgehead atoms. The summed E-state index contributed by atoms with van der Waals surface area (Å²) < 4.78 is 12.8. The molecular formula is C12H17FN2O. The first-order valence-corrected chi connectivity index (χ1v) is 5.44. The summed E-state index contributed by atoms with van der Waals surface area (Å²) in [5.74, 6) is -0.284. The number of hydrogen-bond acceptors (Lipinski definition) is 2. The molecule has 2 N–H and O–H groups in total.